The molecule has 118 valence electrons. The highest BCUT2D eigenvalue weighted by Crippen LogP contribution is 2.34. The minimum absolute atomic E-state index is 0.0148. The molecular formula is C17H16FN3OS. The van der Waals surface area contributed by atoms with Gasteiger partial charge in [-0.1, -0.05) is 0 Å². The van der Waals surface area contributed by atoms with Crippen LogP contribution in [-0.4, -0.2) is 9.55 Å². The number of nitrogens with zero attached hydrogens (tertiary/aromatic N) is 2. The van der Waals surface area contributed by atoms with E-state index in [1.807, 2.05) is 0 Å². The van der Waals surface area contributed by atoms with Gasteiger partial charge in [-0.15, -0.1) is 11.3 Å². The number of benzene rings is 1. The first-order chi connectivity index (χ1) is 11.1. The number of hydrogen-bond donors (Lipinski definition) is 1. The lowest BCUT2D eigenvalue weighted by Crippen LogP contribution is -2.21. The van der Waals surface area contributed by atoms with E-state index in [9.17, 15) is 9.18 Å². The van der Waals surface area contributed by atoms with Crippen LogP contribution in [0.3, 0.4) is 0 Å². The summed E-state index contributed by atoms with van der Waals surface area (Å²) in [6.45, 7) is 0. The van der Waals surface area contributed by atoms with Crippen molar-refractivity contribution in [2.45, 2.75) is 25.7 Å². The van der Waals surface area contributed by atoms with Crippen LogP contribution in [0.5, 0.6) is 0 Å². The van der Waals surface area contributed by atoms with Crippen molar-refractivity contribution in [1.82, 2.24) is 9.55 Å². The highest BCUT2D eigenvalue weighted by Gasteiger charge is 2.21. The third-order valence-electron chi connectivity index (χ3n) is 4.30. The summed E-state index contributed by atoms with van der Waals surface area (Å²) in [6, 6.07) is 6.02. The zero-order valence-electron chi connectivity index (χ0n) is 12.7. The van der Waals surface area contributed by atoms with Gasteiger partial charge in [0.15, 0.2) is 0 Å². The molecule has 3 aromatic rings. The summed E-state index contributed by atoms with van der Waals surface area (Å²) in [5.74, 6) is 0.187. The molecule has 0 atom stereocenters. The van der Waals surface area contributed by atoms with E-state index in [1.165, 1.54) is 33.6 Å². The van der Waals surface area contributed by atoms with E-state index < -0.39 is 0 Å². The predicted octanol–water partition coefficient (Wildman–Crippen LogP) is 3.76. The van der Waals surface area contributed by atoms with Crippen LogP contribution in [0.1, 0.15) is 23.3 Å². The molecule has 2 aromatic heterocycles. The number of anilines is 2. The third-order valence-corrected chi connectivity index (χ3v) is 5.48. The molecule has 1 N–H and O–H groups in total. The van der Waals surface area contributed by atoms with Gasteiger partial charge in [0, 0.05) is 17.6 Å². The Kier molecular flexibility index (Phi) is 3.41. The second-order valence-electron chi connectivity index (χ2n) is 5.82. The highest BCUT2D eigenvalue weighted by molar-refractivity contribution is 7.18. The van der Waals surface area contributed by atoms with Crippen LogP contribution in [0.25, 0.3) is 10.2 Å². The van der Waals surface area contributed by atoms with Gasteiger partial charge in [0.1, 0.15) is 10.6 Å². The monoisotopic (exact) mass is 329 g/mol. The Morgan fingerprint density at radius 1 is 1.22 bits per heavy atom. The maximum absolute atomic E-state index is 13.0. The number of rotatable bonds is 2. The van der Waals surface area contributed by atoms with Crippen molar-refractivity contribution < 1.29 is 4.39 Å². The fourth-order valence-corrected chi connectivity index (χ4v) is 4.31. The maximum atomic E-state index is 13.0. The Labute approximate surface area is 136 Å². The standard InChI is InChI=1S/C17H16FN3OS/c1-21-16(22)14-12-4-2-3-5-13(12)23-15(14)20-17(21)19-11-8-6-10(18)7-9-11/h6-9H,2-5H2,1H3,(H,19,20). The number of fused-ring (bicyclic) bond motifs is 3. The number of aromatic nitrogens is 2. The molecule has 0 radical (unpaired) electrons. The van der Waals surface area contributed by atoms with E-state index >= 15 is 0 Å². The van der Waals surface area contributed by atoms with E-state index in [4.69, 9.17) is 0 Å². The summed E-state index contributed by atoms with van der Waals surface area (Å²) in [4.78, 5) is 19.5. The topological polar surface area (TPSA) is 46.9 Å². The lowest BCUT2D eigenvalue weighted by atomic mass is 9.97. The van der Waals surface area contributed by atoms with Crippen molar-refractivity contribution in [3.8, 4) is 0 Å². The van der Waals surface area contributed by atoms with Crippen molar-refractivity contribution in [1.29, 1.82) is 0 Å². The van der Waals surface area contributed by atoms with E-state index in [-0.39, 0.29) is 11.4 Å². The molecule has 0 amide bonds. The number of thiophene rings is 1. The molecule has 0 saturated heterocycles. The molecule has 0 unspecified atom stereocenters. The largest absolute Gasteiger partial charge is 0.325 e. The van der Waals surface area contributed by atoms with Crippen LogP contribution < -0.4 is 10.9 Å². The predicted molar refractivity (Wildman–Crippen MR) is 91.2 cm³/mol. The van der Waals surface area contributed by atoms with E-state index in [2.05, 4.69) is 10.3 Å². The van der Waals surface area contributed by atoms with Crippen LogP contribution >= 0.6 is 11.3 Å². The van der Waals surface area contributed by atoms with Gasteiger partial charge in [0.25, 0.3) is 5.56 Å². The van der Waals surface area contributed by atoms with E-state index in [0.29, 0.717) is 11.6 Å². The molecule has 2 heterocycles. The third kappa shape index (κ3) is 2.43. The van der Waals surface area contributed by atoms with Gasteiger partial charge < -0.3 is 5.32 Å². The molecule has 1 aromatic carbocycles. The average molecular weight is 329 g/mol. The fourth-order valence-electron chi connectivity index (χ4n) is 3.06. The van der Waals surface area contributed by atoms with Crippen LogP contribution in [-0.2, 0) is 19.9 Å². The first-order valence-electron chi connectivity index (χ1n) is 7.67. The molecule has 1 aliphatic carbocycles. The minimum Gasteiger partial charge on any atom is -0.325 e. The fraction of sp³-hybridized carbons (Fsp3) is 0.294. The first-order valence-corrected chi connectivity index (χ1v) is 8.49. The first kappa shape index (κ1) is 14.4. The molecule has 23 heavy (non-hydrogen) atoms. The second kappa shape index (κ2) is 5.45. The molecule has 0 bridgehead atoms. The Hall–Kier alpha value is -2.21. The smallest absolute Gasteiger partial charge is 0.263 e. The van der Waals surface area contributed by atoms with Crippen LogP contribution in [0, 0.1) is 5.82 Å². The zero-order chi connectivity index (χ0) is 16.0. The Morgan fingerprint density at radius 2 is 1.96 bits per heavy atom. The lowest BCUT2D eigenvalue weighted by Gasteiger charge is -2.12. The lowest BCUT2D eigenvalue weighted by molar-refractivity contribution is 0.628. The summed E-state index contributed by atoms with van der Waals surface area (Å²) >= 11 is 1.63. The highest BCUT2D eigenvalue weighted by atomic mass is 32.1. The summed E-state index contributed by atoms with van der Waals surface area (Å²) < 4.78 is 14.5. The van der Waals surface area contributed by atoms with Crippen molar-refractivity contribution in [2.75, 3.05) is 5.32 Å². The van der Waals surface area contributed by atoms with Gasteiger partial charge in [-0.2, -0.15) is 0 Å². The van der Waals surface area contributed by atoms with E-state index in [0.717, 1.165) is 29.5 Å². The Morgan fingerprint density at radius 3 is 2.74 bits per heavy atom. The molecule has 0 saturated carbocycles. The maximum Gasteiger partial charge on any atom is 0.263 e. The zero-order valence-corrected chi connectivity index (χ0v) is 13.5. The van der Waals surface area contributed by atoms with Crippen molar-refractivity contribution in [3.05, 3.63) is 50.9 Å². The number of halogens is 1. The molecule has 1 aliphatic rings. The summed E-state index contributed by atoms with van der Waals surface area (Å²) in [7, 11) is 1.72. The minimum atomic E-state index is -0.293. The van der Waals surface area contributed by atoms with Gasteiger partial charge in [0.2, 0.25) is 5.95 Å². The quantitative estimate of drug-likeness (QED) is 0.779. The van der Waals surface area contributed by atoms with Crippen LogP contribution in [0.15, 0.2) is 29.1 Å². The average Bonchev–Trinajstić information content (AvgIpc) is 2.92. The Bertz CT molecular complexity index is 943. The summed E-state index contributed by atoms with van der Waals surface area (Å²) in [5, 5.41) is 3.88. The number of aryl methyl sites for hydroxylation is 2. The Balaban J connectivity index is 1.83. The van der Waals surface area contributed by atoms with Crippen molar-refractivity contribution in [3.63, 3.8) is 0 Å². The molecule has 6 heteroatoms. The van der Waals surface area contributed by atoms with Crippen molar-refractivity contribution >= 4 is 33.2 Å². The summed E-state index contributed by atoms with van der Waals surface area (Å²) in [5.41, 5.74) is 1.88. The molecule has 0 spiro atoms. The van der Waals surface area contributed by atoms with Gasteiger partial charge in [-0.25, -0.2) is 9.37 Å². The molecule has 0 fully saturated rings. The van der Waals surface area contributed by atoms with Crippen LogP contribution in [0.2, 0.25) is 0 Å². The van der Waals surface area contributed by atoms with Gasteiger partial charge in [-0.3, -0.25) is 9.36 Å². The number of nitrogens with one attached hydrogen (secondary N) is 1. The van der Waals surface area contributed by atoms with Gasteiger partial charge in [-0.05, 0) is 55.5 Å². The van der Waals surface area contributed by atoms with Gasteiger partial charge >= 0.3 is 0 Å². The summed E-state index contributed by atoms with van der Waals surface area (Å²) in [6.07, 6.45) is 4.33. The molecule has 4 nitrogen and oxygen atoms in total. The van der Waals surface area contributed by atoms with Gasteiger partial charge in [0.05, 0.1) is 5.39 Å². The number of hydrogen-bond acceptors (Lipinski definition) is 4. The molecular weight excluding hydrogens is 313 g/mol. The molecule has 0 aliphatic heterocycles. The second-order valence-corrected chi connectivity index (χ2v) is 6.91. The SMILES string of the molecule is Cn1c(Nc2ccc(F)cc2)nc2sc3c(c2c1=O)CCCC3. The van der Waals surface area contributed by atoms with Crippen molar-refractivity contribution in [2.24, 2.45) is 7.05 Å². The normalized spacial score (nSPS) is 14.0. The molecule has 4 rings (SSSR count). The van der Waals surface area contributed by atoms with E-state index in [1.54, 1.807) is 30.5 Å². The van der Waals surface area contributed by atoms with Crippen LogP contribution in [0.4, 0.5) is 16.0 Å².